The van der Waals surface area contributed by atoms with E-state index < -0.39 is 0 Å². The highest BCUT2D eigenvalue weighted by Gasteiger charge is 2.27. The molecule has 1 aliphatic carbocycles. The van der Waals surface area contributed by atoms with Crippen LogP contribution in [0.5, 0.6) is 0 Å². The lowest BCUT2D eigenvalue weighted by atomic mass is 9.95. The van der Waals surface area contributed by atoms with Gasteiger partial charge in [-0.05, 0) is 51.0 Å². The van der Waals surface area contributed by atoms with Gasteiger partial charge in [0.1, 0.15) is 10.7 Å². The molecule has 0 spiro atoms. The maximum Gasteiger partial charge on any atom is 0.276 e. The van der Waals surface area contributed by atoms with Crippen LogP contribution in [-0.4, -0.2) is 41.0 Å². The van der Waals surface area contributed by atoms with Gasteiger partial charge in [-0.1, -0.05) is 0 Å². The fourth-order valence-electron chi connectivity index (χ4n) is 3.67. The molecule has 2 N–H and O–H groups in total. The molecule has 2 aromatic rings. The average Bonchev–Trinajstić information content (AvgIpc) is 3.34. The summed E-state index contributed by atoms with van der Waals surface area (Å²) in [6.45, 7) is 3.08. The summed E-state index contributed by atoms with van der Waals surface area (Å²) in [5.74, 6) is -0.487. The minimum Gasteiger partial charge on any atom is -0.376 e. The zero-order valence-corrected chi connectivity index (χ0v) is 16.7. The number of hydrogen-bond acceptors (Lipinski definition) is 6. The molecule has 1 fully saturated rings. The van der Waals surface area contributed by atoms with Crippen LogP contribution in [0.25, 0.3) is 0 Å². The van der Waals surface area contributed by atoms with Gasteiger partial charge < -0.3 is 15.4 Å². The van der Waals surface area contributed by atoms with E-state index in [-0.39, 0.29) is 23.6 Å². The Bertz CT molecular complexity index is 872. The van der Waals surface area contributed by atoms with Crippen LogP contribution in [0.3, 0.4) is 0 Å². The number of anilines is 1. The van der Waals surface area contributed by atoms with Crippen molar-refractivity contribution < 1.29 is 14.3 Å². The van der Waals surface area contributed by atoms with Crippen LogP contribution in [-0.2, 0) is 17.6 Å². The molecular formula is C20H24N4O3S. The SMILES string of the molecule is Cc1cnc(C(=O)Nc2sc3c(c2C(=O)NCC2CCCO2)CCCC3)cn1. The van der Waals surface area contributed by atoms with Gasteiger partial charge in [-0.25, -0.2) is 4.98 Å². The van der Waals surface area contributed by atoms with Crippen LogP contribution < -0.4 is 10.6 Å². The average molecular weight is 401 g/mol. The molecule has 4 rings (SSSR count). The van der Waals surface area contributed by atoms with Gasteiger partial charge in [0.05, 0.1) is 23.6 Å². The first-order valence-corrected chi connectivity index (χ1v) is 10.6. The minimum absolute atomic E-state index is 0.0827. The number of hydrogen-bond donors (Lipinski definition) is 2. The number of carbonyl (C=O) groups is 2. The third kappa shape index (κ3) is 4.07. The molecule has 148 valence electrons. The largest absolute Gasteiger partial charge is 0.376 e. The smallest absolute Gasteiger partial charge is 0.276 e. The zero-order chi connectivity index (χ0) is 19.5. The van der Waals surface area contributed by atoms with Crippen molar-refractivity contribution in [3.05, 3.63) is 39.8 Å². The van der Waals surface area contributed by atoms with Gasteiger partial charge in [0.2, 0.25) is 0 Å². The molecule has 1 unspecified atom stereocenters. The molecule has 2 aliphatic rings. The summed E-state index contributed by atoms with van der Waals surface area (Å²) in [6.07, 6.45) is 9.10. The van der Waals surface area contributed by atoms with Crippen molar-refractivity contribution >= 4 is 28.2 Å². The second kappa shape index (κ2) is 8.36. The first-order chi connectivity index (χ1) is 13.6. The van der Waals surface area contributed by atoms with Crippen molar-refractivity contribution in [1.82, 2.24) is 15.3 Å². The van der Waals surface area contributed by atoms with Crippen LogP contribution in [0.2, 0.25) is 0 Å². The number of aromatic nitrogens is 2. The Morgan fingerprint density at radius 1 is 1.18 bits per heavy atom. The Kier molecular flexibility index (Phi) is 5.68. The number of aryl methyl sites for hydroxylation is 2. The Balaban J connectivity index is 1.55. The van der Waals surface area contributed by atoms with E-state index in [2.05, 4.69) is 20.6 Å². The molecule has 0 bridgehead atoms. The molecular weight excluding hydrogens is 376 g/mol. The molecule has 2 aromatic heterocycles. The second-order valence-corrected chi connectivity index (χ2v) is 8.36. The lowest BCUT2D eigenvalue weighted by Gasteiger charge is -2.15. The highest BCUT2D eigenvalue weighted by Crippen LogP contribution is 2.38. The molecule has 0 aromatic carbocycles. The second-order valence-electron chi connectivity index (χ2n) is 7.26. The number of rotatable bonds is 5. The fraction of sp³-hybridized carbons (Fsp3) is 0.500. The maximum atomic E-state index is 13.0. The van der Waals surface area contributed by atoms with Crippen molar-refractivity contribution in [2.75, 3.05) is 18.5 Å². The topological polar surface area (TPSA) is 93.2 Å². The molecule has 1 aliphatic heterocycles. The molecule has 28 heavy (non-hydrogen) atoms. The summed E-state index contributed by atoms with van der Waals surface area (Å²) in [7, 11) is 0. The van der Waals surface area contributed by atoms with Gasteiger partial charge in [-0.15, -0.1) is 11.3 Å². The van der Waals surface area contributed by atoms with Gasteiger partial charge in [0.15, 0.2) is 0 Å². The standard InChI is InChI=1S/C20H24N4O3S/c1-12-9-22-15(11-21-12)18(25)24-20-17(14-6-2-3-7-16(14)28-20)19(26)23-10-13-5-4-8-27-13/h9,11,13H,2-8,10H2,1H3,(H,23,26)(H,24,25). The number of amides is 2. The van der Waals surface area contributed by atoms with Crippen LogP contribution in [0.1, 0.15) is 62.7 Å². The Labute approximate surface area is 167 Å². The first-order valence-electron chi connectivity index (χ1n) is 9.76. The summed E-state index contributed by atoms with van der Waals surface area (Å²) in [4.78, 5) is 35.1. The lowest BCUT2D eigenvalue weighted by molar-refractivity contribution is 0.0858. The van der Waals surface area contributed by atoms with Crippen molar-refractivity contribution in [3.8, 4) is 0 Å². The van der Waals surface area contributed by atoms with Gasteiger partial charge in [-0.3, -0.25) is 14.6 Å². The first kappa shape index (κ1) is 19.0. The summed E-state index contributed by atoms with van der Waals surface area (Å²) >= 11 is 1.50. The van der Waals surface area contributed by atoms with E-state index in [1.54, 1.807) is 6.20 Å². The van der Waals surface area contributed by atoms with E-state index in [0.29, 0.717) is 17.1 Å². The van der Waals surface area contributed by atoms with E-state index in [1.807, 2.05) is 6.92 Å². The molecule has 3 heterocycles. The Hall–Kier alpha value is -2.32. The van der Waals surface area contributed by atoms with E-state index in [1.165, 1.54) is 22.4 Å². The summed E-state index contributed by atoms with van der Waals surface area (Å²) in [6, 6.07) is 0. The van der Waals surface area contributed by atoms with Crippen molar-refractivity contribution in [1.29, 1.82) is 0 Å². The summed E-state index contributed by atoms with van der Waals surface area (Å²) in [5.41, 5.74) is 2.66. The van der Waals surface area contributed by atoms with Crippen molar-refractivity contribution in [2.45, 2.75) is 51.6 Å². The van der Waals surface area contributed by atoms with Gasteiger partial charge in [-0.2, -0.15) is 0 Å². The molecule has 7 nitrogen and oxygen atoms in total. The number of nitrogens with zero attached hydrogens (tertiary/aromatic N) is 2. The van der Waals surface area contributed by atoms with Crippen LogP contribution >= 0.6 is 11.3 Å². The highest BCUT2D eigenvalue weighted by atomic mass is 32.1. The van der Waals surface area contributed by atoms with E-state index >= 15 is 0 Å². The molecule has 0 radical (unpaired) electrons. The van der Waals surface area contributed by atoms with Crippen molar-refractivity contribution in [2.24, 2.45) is 0 Å². The van der Waals surface area contributed by atoms with E-state index in [9.17, 15) is 9.59 Å². The van der Waals surface area contributed by atoms with Gasteiger partial charge in [0.25, 0.3) is 11.8 Å². The van der Waals surface area contributed by atoms with E-state index in [0.717, 1.165) is 56.4 Å². The number of thiophene rings is 1. The normalized spacial score (nSPS) is 18.5. The fourth-order valence-corrected chi connectivity index (χ4v) is 4.95. The molecule has 8 heteroatoms. The summed E-state index contributed by atoms with van der Waals surface area (Å²) < 4.78 is 5.60. The molecule has 0 saturated carbocycles. The molecule has 2 amide bonds. The third-order valence-corrected chi connectivity index (χ3v) is 6.36. The van der Waals surface area contributed by atoms with E-state index in [4.69, 9.17) is 4.74 Å². The number of fused-ring (bicyclic) bond motifs is 1. The quantitative estimate of drug-likeness (QED) is 0.805. The minimum atomic E-state index is -0.348. The highest BCUT2D eigenvalue weighted by molar-refractivity contribution is 7.17. The zero-order valence-electron chi connectivity index (χ0n) is 15.9. The van der Waals surface area contributed by atoms with Crippen molar-refractivity contribution in [3.63, 3.8) is 0 Å². The predicted octanol–water partition coefficient (Wildman–Crippen LogP) is 2.89. The van der Waals surface area contributed by atoms with Crippen LogP contribution in [0, 0.1) is 6.92 Å². The maximum absolute atomic E-state index is 13.0. The third-order valence-electron chi connectivity index (χ3n) is 5.15. The summed E-state index contributed by atoms with van der Waals surface area (Å²) in [5, 5.41) is 6.50. The lowest BCUT2D eigenvalue weighted by Crippen LogP contribution is -2.32. The number of ether oxygens (including phenoxy) is 1. The van der Waals surface area contributed by atoms with Crippen LogP contribution in [0.15, 0.2) is 12.4 Å². The Morgan fingerprint density at radius 2 is 2.04 bits per heavy atom. The predicted molar refractivity (Wildman–Crippen MR) is 107 cm³/mol. The number of nitrogens with one attached hydrogen (secondary N) is 2. The monoisotopic (exact) mass is 400 g/mol. The molecule has 1 atom stereocenters. The Morgan fingerprint density at radius 3 is 2.79 bits per heavy atom. The molecule has 1 saturated heterocycles. The van der Waals surface area contributed by atoms with Crippen LogP contribution in [0.4, 0.5) is 5.00 Å². The van der Waals surface area contributed by atoms with Gasteiger partial charge in [0, 0.05) is 24.2 Å². The van der Waals surface area contributed by atoms with Gasteiger partial charge >= 0.3 is 0 Å². The number of carbonyl (C=O) groups excluding carboxylic acids is 2.